The van der Waals surface area contributed by atoms with Gasteiger partial charge in [-0.1, -0.05) is 18.2 Å². The second-order valence-corrected chi connectivity index (χ2v) is 4.17. The number of hydrogen-bond acceptors (Lipinski definition) is 4. The van der Waals surface area contributed by atoms with Crippen molar-refractivity contribution in [1.29, 1.82) is 0 Å². The third kappa shape index (κ3) is 6.33. The fraction of sp³-hybridized carbons (Fsp3) is 0.188. The first kappa shape index (κ1) is 16.4. The van der Waals surface area contributed by atoms with Crippen LogP contribution < -0.4 is 5.32 Å². The number of carbonyl (C=O) groups excluding carboxylic acids is 3. The van der Waals surface area contributed by atoms with Crippen LogP contribution in [0.25, 0.3) is 0 Å². The fourth-order valence-electron chi connectivity index (χ4n) is 1.42. The van der Waals surface area contributed by atoms with E-state index in [0.29, 0.717) is 11.3 Å². The first-order valence-corrected chi connectivity index (χ1v) is 6.40. The van der Waals surface area contributed by atoms with Crippen LogP contribution in [0.15, 0.2) is 48.6 Å². The summed E-state index contributed by atoms with van der Waals surface area (Å²) in [4.78, 5) is 33.9. The third-order valence-corrected chi connectivity index (χ3v) is 2.46. The lowest BCUT2D eigenvalue weighted by molar-refractivity contribution is -0.142. The lowest BCUT2D eigenvalue weighted by Crippen LogP contribution is -2.20. The standard InChI is InChI=1S/C16H17NO4/c1-3-4-5-6-16(20)21-11-15(19)17-14-9-7-13(8-10-14)12(2)18/h3-10H,11H2,1-2H3,(H,17,19)/b4-3+,6-5+. The van der Waals surface area contributed by atoms with Gasteiger partial charge in [-0.25, -0.2) is 4.79 Å². The molecule has 0 heterocycles. The second-order valence-electron chi connectivity index (χ2n) is 4.17. The monoisotopic (exact) mass is 287 g/mol. The van der Waals surface area contributed by atoms with E-state index in [-0.39, 0.29) is 12.4 Å². The Bertz CT molecular complexity index is 570. The van der Waals surface area contributed by atoms with Crippen molar-refractivity contribution in [3.63, 3.8) is 0 Å². The first-order chi connectivity index (χ1) is 10.0. The molecule has 110 valence electrons. The van der Waals surface area contributed by atoms with Crippen molar-refractivity contribution in [2.24, 2.45) is 0 Å². The summed E-state index contributed by atoms with van der Waals surface area (Å²) >= 11 is 0. The SMILES string of the molecule is C/C=C/C=C/C(=O)OCC(=O)Nc1ccc(C(C)=O)cc1. The Morgan fingerprint density at radius 3 is 2.38 bits per heavy atom. The van der Waals surface area contributed by atoms with Crippen molar-refractivity contribution in [2.45, 2.75) is 13.8 Å². The number of allylic oxidation sites excluding steroid dienone is 3. The van der Waals surface area contributed by atoms with E-state index in [4.69, 9.17) is 4.74 Å². The first-order valence-electron chi connectivity index (χ1n) is 6.40. The Labute approximate surface area is 123 Å². The number of rotatable bonds is 6. The number of nitrogens with one attached hydrogen (secondary N) is 1. The van der Waals surface area contributed by atoms with Crippen LogP contribution in [0.5, 0.6) is 0 Å². The molecule has 1 N–H and O–H groups in total. The molecule has 0 saturated heterocycles. The van der Waals surface area contributed by atoms with Gasteiger partial charge in [-0.05, 0) is 38.1 Å². The summed E-state index contributed by atoms with van der Waals surface area (Å²) in [5.74, 6) is -1.08. The molecule has 0 fully saturated rings. The number of carbonyl (C=O) groups is 3. The molecule has 1 aromatic rings. The Balaban J connectivity index is 2.43. The van der Waals surface area contributed by atoms with Crippen molar-refractivity contribution in [2.75, 3.05) is 11.9 Å². The average Bonchev–Trinajstić information content (AvgIpc) is 2.46. The van der Waals surface area contributed by atoms with Gasteiger partial charge >= 0.3 is 5.97 Å². The zero-order valence-electron chi connectivity index (χ0n) is 12.0. The highest BCUT2D eigenvalue weighted by Crippen LogP contribution is 2.09. The maximum Gasteiger partial charge on any atom is 0.331 e. The molecule has 21 heavy (non-hydrogen) atoms. The van der Waals surface area contributed by atoms with E-state index in [1.165, 1.54) is 19.1 Å². The van der Waals surface area contributed by atoms with Gasteiger partial charge < -0.3 is 10.1 Å². The van der Waals surface area contributed by atoms with Crippen LogP contribution in [0.4, 0.5) is 5.69 Å². The van der Waals surface area contributed by atoms with Gasteiger partial charge in [0.05, 0.1) is 0 Å². The molecule has 0 spiro atoms. The topological polar surface area (TPSA) is 72.5 Å². The summed E-state index contributed by atoms with van der Waals surface area (Å²) in [7, 11) is 0. The molecule has 0 bridgehead atoms. The minimum Gasteiger partial charge on any atom is -0.452 e. The lowest BCUT2D eigenvalue weighted by Gasteiger charge is -2.05. The quantitative estimate of drug-likeness (QED) is 0.377. The summed E-state index contributed by atoms with van der Waals surface area (Å²) in [6.07, 6.45) is 6.20. The van der Waals surface area contributed by atoms with Gasteiger partial charge in [-0.15, -0.1) is 0 Å². The largest absolute Gasteiger partial charge is 0.452 e. The highest BCUT2D eigenvalue weighted by Gasteiger charge is 2.06. The molecule has 5 heteroatoms. The zero-order chi connectivity index (χ0) is 15.7. The van der Waals surface area contributed by atoms with Crippen LogP contribution in [0.2, 0.25) is 0 Å². The number of ether oxygens (including phenoxy) is 1. The van der Waals surface area contributed by atoms with Gasteiger partial charge in [-0.2, -0.15) is 0 Å². The van der Waals surface area contributed by atoms with Crippen LogP contribution in [0.1, 0.15) is 24.2 Å². The number of hydrogen-bond donors (Lipinski definition) is 1. The van der Waals surface area contributed by atoms with Gasteiger partial charge in [0.15, 0.2) is 12.4 Å². The number of benzene rings is 1. The number of esters is 1. The Morgan fingerprint density at radius 1 is 1.14 bits per heavy atom. The summed E-state index contributed by atoms with van der Waals surface area (Å²) in [6, 6.07) is 6.46. The molecule has 1 aromatic carbocycles. The van der Waals surface area contributed by atoms with Crippen LogP contribution in [-0.2, 0) is 14.3 Å². The molecule has 0 unspecified atom stereocenters. The fourth-order valence-corrected chi connectivity index (χ4v) is 1.42. The normalized spacial score (nSPS) is 10.8. The Morgan fingerprint density at radius 2 is 1.81 bits per heavy atom. The smallest absolute Gasteiger partial charge is 0.331 e. The van der Waals surface area contributed by atoms with E-state index in [9.17, 15) is 14.4 Å². The Kier molecular flexibility index (Phi) is 6.60. The van der Waals surface area contributed by atoms with E-state index in [1.54, 1.807) is 36.4 Å². The third-order valence-electron chi connectivity index (χ3n) is 2.46. The van der Waals surface area contributed by atoms with Gasteiger partial charge in [0.25, 0.3) is 5.91 Å². The molecule has 1 amide bonds. The van der Waals surface area contributed by atoms with E-state index in [1.807, 2.05) is 6.92 Å². The average molecular weight is 287 g/mol. The molecule has 0 aliphatic heterocycles. The van der Waals surface area contributed by atoms with Crippen LogP contribution in [0, 0.1) is 0 Å². The van der Waals surface area contributed by atoms with E-state index < -0.39 is 11.9 Å². The highest BCUT2D eigenvalue weighted by molar-refractivity contribution is 5.96. The van der Waals surface area contributed by atoms with Crippen LogP contribution >= 0.6 is 0 Å². The zero-order valence-corrected chi connectivity index (χ0v) is 12.0. The van der Waals surface area contributed by atoms with Crippen LogP contribution in [-0.4, -0.2) is 24.3 Å². The second kappa shape index (κ2) is 8.47. The molecular formula is C16H17NO4. The van der Waals surface area contributed by atoms with Crippen molar-refractivity contribution in [3.05, 3.63) is 54.1 Å². The summed E-state index contributed by atoms with van der Waals surface area (Å²) in [6.45, 7) is 2.92. The van der Waals surface area contributed by atoms with Crippen molar-refractivity contribution in [1.82, 2.24) is 0 Å². The summed E-state index contributed by atoms with van der Waals surface area (Å²) in [5, 5.41) is 2.57. The van der Waals surface area contributed by atoms with Gasteiger partial charge in [0.1, 0.15) is 0 Å². The molecule has 0 aliphatic carbocycles. The van der Waals surface area contributed by atoms with E-state index in [2.05, 4.69) is 5.32 Å². The number of anilines is 1. The summed E-state index contributed by atoms with van der Waals surface area (Å²) in [5.41, 5.74) is 1.10. The lowest BCUT2D eigenvalue weighted by atomic mass is 10.1. The summed E-state index contributed by atoms with van der Waals surface area (Å²) < 4.78 is 4.76. The molecule has 1 rings (SSSR count). The predicted octanol–water partition coefficient (Wildman–Crippen LogP) is 2.50. The van der Waals surface area contributed by atoms with Crippen LogP contribution in [0.3, 0.4) is 0 Å². The van der Waals surface area contributed by atoms with Crippen molar-refractivity contribution in [3.8, 4) is 0 Å². The predicted molar refractivity (Wildman–Crippen MR) is 80.0 cm³/mol. The highest BCUT2D eigenvalue weighted by atomic mass is 16.5. The van der Waals surface area contributed by atoms with Gasteiger partial charge in [0, 0.05) is 17.3 Å². The molecule has 0 aliphatic rings. The van der Waals surface area contributed by atoms with Gasteiger partial charge in [-0.3, -0.25) is 9.59 Å². The number of amides is 1. The maximum absolute atomic E-state index is 11.6. The Hall–Kier alpha value is -2.69. The minimum atomic E-state index is -0.588. The van der Waals surface area contributed by atoms with Crippen molar-refractivity contribution < 1.29 is 19.1 Å². The number of ketones is 1. The molecule has 0 radical (unpaired) electrons. The molecule has 5 nitrogen and oxygen atoms in total. The molecule has 0 saturated carbocycles. The molecular weight excluding hydrogens is 270 g/mol. The van der Waals surface area contributed by atoms with E-state index >= 15 is 0 Å². The van der Waals surface area contributed by atoms with Crippen molar-refractivity contribution >= 4 is 23.3 Å². The van der Waals surface area contributed by atoms with E-state index in [0.717, 1.165) is 0 Å². The maximum atomic E-state index is 11.6. The minimum absolute atomic E-state index is 0.0466. The van der Waals surface area contributed by atoms with Gasteiger partial charge in [0.2, 0.25) is 0 Å². The number of Topliss-reactive ketones (excluding diaryl/α,β-unsaturated/α-hetero) is 1. The molecule has 0 aromatic heterocycles. The molecule has 0 atom stereocenters.